The molecule has 2 rings (SSSR count). The molecule has 0 radical (unpaired) electrons. The highest BCUT2D eigenvalue weighted by Crippen LogP contribution is 2.20. The van der Waals surface area contributed by atoms with Crippen molar-refractivity contribution in [1.29, 1.82) is 0 Å². The second-order valence-electron chi connectivity index (χ2n) is 4.75. The number of hydrogen-bond donors (Lipinski definition) is 2. The summed E-state index contributed by atoms with van der Waals surface area (Å²) in [7, 11) is 1.37. The van der Waals surface area contributed by atoms with E-state index in [4.69, 9.17) is 4.74 Å². The fraction of sp³-hybridized carbons (Fsp3) is 0.250. The lowest BCUT2D eigenvalue weighted by Crippen LogP contribution is -2.22. The number of rotatable bonds is 6. The van der Waals surface area contributed by atoms with Crippen molar-refractivity contribution in [2.75, 3.05) is 13.7 Å². The van der Waals surface area contributed by atoms with Crippen molar-refractivity contribution in [3.8, 4) is 5.75 Å². The van der Waals surface area contributed by atoms with E-state index in [9.17, 15) is 18.3 Å². The van der Waals surface area contributed by atoms with E-state index in [1.54, 1.807) is 6.07 Å². The molecule has 1 atom stereocenters. The topological polar surface area (TPSA) is 41.5 Å². The molecule has 0 heterocycles. The predicted octanol–water partition coefficient (Wildman–Crippen LogP) is 2.94. The zero-order valence-corrected chi connectivity index (χ0v) is 11.9. The Hall–Kier alpha value is -2.05. The number of methoxy groups -OCH3 is 1. The second kappa shape index (κ2) is 7.29. The largest absolute Gasteiger partial charge is 0.494 e. The summed E-state index contributed by atoms with van der Waals surface area (Å²) in [6.45, 7) is 0.180. The Morgan fingerprint density at radius 2 is 1.77 bits per heavy atom. The first-order valence-electron chi connectivity index (χ1n) is 6.68. The minimum absolute atomic E-state index is 0.0640. The van der Waals surface area contributed by atoms with Gasteiger partial charge >= 0.3 is 0 Å². The van der Waals surface area contributed by atoms with E-state index >= 15 is 0 Å². The highest BCUT2D eigenvalue weighted by Gasteiger charge is 2.17. The Bertz CT molecular complexity index is 629. The number of hydrogen-bond acceptors (Lipinski definition) is 3. The molecule has 2 aromatic rings. The van der Waals surface area contributed by atoms with Crippen LogP contribution in [0.15, 0.2) is 36.4 Å². The summed E-state index contributed by atoms with van der Waals surface area (Å²) in [5, 5.41) is 12.7. The first kappa shape index (κ1) is 16.3. The summed E-state index contributed by atoms with van der Waals surface area (Å²) in [4.78, 5) is 0. The van der Waals surface area contributed by atoms with Crippen molar-refractivity contribution in [2.24, 2.45) is 0 Å². The molecule has 0 bridgehead atoms. The molecule has 0 saturated carbocycles. The molecule has 3 nitrogen and oxygen atoms in total. The zero-order valence-electron chi connectivity index (χ0n) is 11.9. The maximum absolute atomic E-state index is 13.5. The van der Waals surface area contributed by atoms with Crippen LogP contribution in [-0.4, -0.2) is 18.8 Å². The molecular weight excluding hydrogens is 295 g/mol. The van der Waals surface area contributed by atoms with Crippen LogP contribution in [0.25, 0.3) is 0 Å². The Morgan fingerprint density at radius 1 is 1.09 bits per heavy atom. The van der Waals surface area contributed by atoms with Crippen molar-refractivity contribution in [1.82, 2.24) is 5.32 Å². The smallest absolute Gasteiger partial charge is 0.165 e. The quantitative estimate of drug-likeness (QED) is 0.862. The number of nitrogens with one attached hydrogen (secondary N) is 1. The van der Waals surface area contributed by atoms with Gasteiger partial charge in [-0.15, -0.1) is 0 Å². The molecule has 2 N–H and O–H groups in total. The molecule has 6 heteroatoms. The first-order valence-corrected chi connectivity index (χ1v) is 6.68. The maximum Gasteiger partial charge on any atom is 0.165 e. The van der Waals surface area contributed by atoms with Gasteiger partial charge in [-0.1, -0.05) is 12.1 Å². The third-order valence-electron chi connectivity index (χ3n) is 3.22. The average Bonchev–Trinajstić information content (AvgIpc) is 2.47. The van der Waals surface area contributed by atoms with Crippen LogP contribution < -0.4 is 10.1 Å². The van der Waals surface area contributed by atoms with E-state index in [0.29, 0.717) is 5.56 Å². The van der Waals surface area contributed by atoms with E-state index in [-0.39, 0.29) is 24.4 Å². The van der Waals surface area contributed by atoms with Gasteiger partial charge in [0.25, 0.3) is 0 Å². The normalized spacial score (nSPS) is 12.2. The van der Waals surface area contributed by atoms with Gasteiger partial charge in [0.1, 0.15) is 11.6 Å². The van der Waals surface area contributed by atoms with Crippen LogP contribution in [0.1, 0.15) is 17.2 Å². The van der Waals surface area contributed by atoms with E-state index in [1.807, 2.05) is 0 Å². The van der Waals surface area contributed by atoms with Crippen molar-refractivity contribution in [3.63, 3.8) is 0 Å². The van der Waals surface area contributed by atoms with E-state index in [0.717, 1.165) is 12.1 Å². The lowest BCUT2D eigenvalue weighted by molar-refractivity contribution is 0.164. The van der Waals surface area contributed by atoms with E-state index in [1.165, 1.54) is 25.3 Å². The third kappa shape index (κ3) is 3.78. The summed E-state index contributed by atoms with van der Waals surface area (Å²) >= 11 is 0. The molecular formula is C16H16F3NO2. The van der Waals surface area contributed by atoms with E-state index < -0.39 is 23.6 Å². The van der Waals surface area contributed by atoms with E-state index in [2.05, 4.69) is 5.32 Å². The Balaban J connectivity index is 1.95. The molecule has 2 aromatic carbocycles. The fourth-order valence-corrected chi connectivity index (χ4v) is 2.10. The number of benzene rings is 2. The van der Waals surface area contributed by atoms with Crippen LogP contribution in [-0.2, 0) is 6.54 Å². The standard InChI is InChI=1S/C16H16F3NO2/c1-22-15-6-5-10(7-13(15)19)8-20-9-14(21)16-11(17)3-2-4-12(16)18/h2-7,14,20-21H,8-9H2,1H3. The molecule has 0 saturated heterocycles. The summed E-state index contributed by atoms with van der Waals surface area (Å²) in [6, 6.07) is 7.83. The molecule has 1 unspecified atom stereocenters. The zero-order chi connectivity index (χ0) is 16.1. The van der Waals surface area contributed by atoms with Crippen LogP contribution in [0.4, 0.5) is 13.2 Å². The summed E-state index contributed by atoms with van der Waals surface area (Å²) in [6.07, 6.45) is -1.33. The van der Waals surface area contributed by atoms with Gasteiger partial charge in [-0.05, 0) is 29.8 Å². The van der Waals surface area contributed by atoms with Crippen LogP contribution in [0.2, 0.25) is 0 Å². The molecule has 0 fully saturated rings. The SMILES string of the molecule is COc1ccc(CNCC(O)c2c(F)cccc2F)cc1F. The van der Waals surface area contributed by atoms with Gasteiger partial charge in [0.2, 0.25) is 0 Å². The summed E-state index contributed by atoms with van der Waals surface area (Å²) in [5.74, 6) is -1.96. The van der Waals surface area contributed by atoms with Crippen LogP contribution in [0, 0.1) is 17.5 Å². The molecule has 118 valence electrons. The highest BCUT2D eigenvalue weighted by molar-refractivity contribution is 5.29. The maximum atomic E-state index is 13.5. The minimum atomic E-state index is -1.33. The third-order valence-corrected chi connectivity index (χ3v) is 3.22. The van der Waals surface area contributed by atoms with Gasteiger partial charge in [0.05, 0.1) is 18.8 Å². The summed E-state index contributed by atoms with van der Waals surface area (Å²) in [5.41, 5.74) is 0.246. The summed E-state index contributed by atoms with van der Waals surface area (Å²) < 4.78 is 45.3. The van der Waals surface area contributed by atoms with Gasteiger partial charge in [-0.2, -0.15) is 0 Å². The Morgan fingerprint density at radius 3 is 2.36 bits per heavy atom. The number of aliphatic hydroxyl groups excluding tert-OH is 1. The van der Waals surface area contributed by atoms with Crippen molar-refractivity contribution >= 4 is 0 Å². The lowest BCUT2D eigenvalue weighted by Gasteiger charge is -2.14. The van der Waals surface area contributed by atoms with Gasteiger partial charge in [0.15, 0.2) is 11.6 Å². The second-order valence-corrected chi connectivity index (χ2v) is 4.75. The molecule has 22 heavy (non-hydrogen) atoms. The van der Waals surface area contributed by atoms with Crippen molar-refractivity contribution in [2.45, 2.75) is 12.6 Å². The molecule has 0 amide bonds. The van der Waals surface area contributed by atoms with Crippen LogP contribution in [0.5, 0.6) is 5.75 Å². The van der Waals surface area contributed by atoms with Crippen LogP contribution >= 0.6 is 0 Å². The van der Waals surface area contributed by atoms with Gasteiger partial charge in [-0.3, -0.25) is 0 Å². The van der Waals surface area contributed by atoms with Gasteiger partial charge in [-0.25, -0.2) is 13.2 Å². The molecule has 0 aliphatic carbocycles. The number of ether oxygens (including phenoxy) is 1. The van der Waals surface area contributed by atoms with Gasteiger partial charge < -0.3 is 15.2 Å². The van der Waals surface area contributed by atoms with Gasteiger partial charge in [0, 0.05) is 13.1 Å². The van der Waals surface area contributed by atoms with Crippen molar-refractivity contribution < 1.29 is 23.0 Å². The van der Waals surface area contributed by atoms with Crippen molar-refractivity contribution in [3.05, 3.63) is 65.0 Å². The Labute approximate surface area is 126 Å². The predicted molar refractivity (Wildman–Crippen MR) is 76.0 cm³/mol. The van der Waals surface area contributed by atoms with Crippen LogP contribution in [0.3, 0.4) is 0 Å². The monoisotopic (exact) mass is 311 g/mol. The lowest BCUT2D eigenvalue weighted by atomic mass is 10.1. The number of aliphatic hydroxyl groups is 1. The Kier molecular flexibility index (Phi) is 5.41. The fourth-order valence-electron chi connectivity index (χ4n) is 2.10. The number of halogens is 3. The molecule has 0 spiro atoms. The average molecular weight is 311 g/mol. The molecule has 0 aliphatic heterocycles. The molecule has 0 aromatic heterocycles. The molecule has 0 aliphatic rings. The minimum Gasteiger partial charge on any atom is -0.494 e. The highest BCUT2D eigenvalue weighted by atomic mass is 19.1. The first-order chi connectivity index (χ1) is 10.5.